The van der Waals surface area contributed by atoms with Crippen LogP contribution in [-0.2, 0) is 16.4 Å². The van der Waals surface area contributed by atoms with E-state index in [9.17, 15) is 18.5 Å². The lowest BCUT2D eigenvalue weighted by molar-refractivity contribution is -0.384. The first kappa shape index (κ1) is 13.2. The van der Waals surface area contributed by atoms with Gasteiger partial charge in [-0.2, -0.15) is 0 Å². The zero-order valence-electron chi connectivity index (χ0n) is 10.1. The second kappa shape index (κ2) is 4.81. The molecule has 0 unspecified atom stereocenters. The van der Waals surface area contributed by atoms with Gasteiger partial charge in [-0.05, 0) is 5.56 Å². The molecule has 0 atom stereocenters. The average Bonchev–Trinajstić information content (AvgIpc) is 2.77. The van der Waals surface area contributed by atoms with Gasteiger partial charge in [0.2, 0.25) is 15.0 Å². The molecule has 0 amide bonds. The summed E-state index contributed by atoms with van der Waals surface area (Å²) in [5.41, 5.74) is 0.607. The lowest BCUT2D eigenvalue weighted by Gasteiger charge is -2.06. The first-order chi connectivity index (χ1) is 8.88. The van der Waals surface area contributed by atoms with Crippen molar-refractivity contribution in [3.8, 4) is 0 Å². The van der Waals surface area contributed by atoms with Gasteiger partial charge < -0.3 is 4.57 Å². The molecular weight excluding hydrogens is 270 g/mol. The average molecular weight is 281 g/mol. The molecule has 0 radical (unpaired) electrons. The molecule has 2 rings (SSSR count). The van der Waals surface area contributed by atoms with Crippen molar-refractivity contribution in [2.45, 2.75) is 11.7 Å². The van der Waals surface area contributed by atoms with Crippen molar-refractivity contribution in [3.63, 3.8) is 0 Å². The van der Waals surface area contributed by atoms with Crippen molar-refractivity contribution in [1.29, 1.82) is 0 Å². The normalized spacial score (nSPS) is 11.4. The standard InChI is InChI=1S/C11H11N3O4S/c1-19(17,18)11-12-5-6-13(11)8-9-3-2-4-10(7-9)14(15)16/h2-7H,8H2,1H3. The minimum Gasteiger partial charge on any atom is -0.318 e. The minimum absolute atomic E-state index is 0.0291. The summed E-state index contributed by atoms with van der Waals surface area (Å²) in [6, 6.07) is 6.05. The van der Waals surface area contributed by atoms with Crippen LogP contribution >= 0.6 is 0 Å². The van der Waals surface area contributed by atoms with E-state index in [1.807, 2.05) is 0 Å². The zero-order valence-corrected chi connectivity index (χ0v) is 10.9. The van der Waals surface area contributed by atoms with Crippen LogP contribution in [0.4, 0.5) is 5.69 Å². The van der Waals surface area contributed by atoms with Crippen LogP contribution in [0.2, 0.25) is 0 Å². The highest BCUT2D eigenvalue weighted by atomic mass is 32.2. The molecule has 0 saturated carbocycles. The van der Waals surface area contributed by atoms with Crippen LogP contribution in [0.25, 0.3) is 0 Å². The van der Waals surface area contributed by atoms with E-state index >= 15 is 0 Å². The third-order valence-corrected chi connectivity index (χ3v) is 3.49. The van der Waals surface area contributed by atoms with Crippen molar-refractivity contribution < 1.29 is 13.3 Å². The van der Waals surface area contributed by atoms with Crippen LogP contribution in [0.15, 0.2) is 41.8 Å². The van der Waals surface area contributed by atoms with Crippen molar-refractivity contribution in [1.82, 2.24) is 9.55 Å². The van der Waals surface area contributed by atoms with E-state index < -0.39 is 14.8 Å². The van der Waals surface area contributed by atoms with E-state index in [4.69, 9.17) is 0 Å². The number of non-ortho nitro benzene ring substituents is 1. The van der Waals surface area contributed by atoms with Crippen LogP contribution in [0.3, 0.4) is 0 Å². The number of nitro benzene ring substituents is 1. The van der Waals surface area contributed by atoms with E-state index in [1.54, 1.807) is 12.1 Å². The Labute approximate surface area is 109 Å². The summed E-state index contributed by atoms with van der Waals surface area (Å²) < 4.78 is 24.4. The molecule has 0 saturated heterocycles. The van der Waals surface area contributed by atoms with Gasteiger partial charge in [-0.3, -0.25) is 10.1 Å². The van der Waals surface area contributed by atoms with Gasteiger partial charge in [0.25, 0.3) is 5.69 Å². The molecule has 0 fully saturated rings. The van der Waals surface area contributed by atoms with Crippen LogP contribution < -0.4 is 0 Å². The maximum atomic E-state index is 11.5. The molecule has 0 aliphatic carbocycles. The molecule has 1 heterocycles. The Morgan fingerprint density at radius 2 is 2.16 bits per heavy atom. The molecule has 0 aliphatic rings. The summed E-state index contributed by atoms with van der Waals surface area (Å²) in [5.74, 6) is 0. The summed E-state index contributed by atoms with van der Waals surface area (Å²) in [4.78, 5) is 14.0. The topological polar surface area (TPSA) is 95.1 Å². The molecule has 2 aromatic rings. The van der Waals surface area contributed by atoms with E-state index in [0.29, 0.717) is 5.56 Å². The largest absolute Gasteiger partial charge is 0.318 e. The molecule has 8 heteroatoms. The highest BCUT2D eigenvalue weighted by molar-refractivity contribution is 7.90. The lowest BCUT2D eigenvalue weighted by Crippen LogP contribution is -2.09. The first-order valence-electron chi connectivity index (χ1n) is 5.32. The number of nitro groups is 1. The zero-order chi connectivity index (χ0) is 14.0. The van der Waals surface area contributed by atoms with Crippen LogP contribution in [0.5, 0.6) is 0 Å². The molecule has 7 nitrogen and oxygen atoms in total. The minimum atomic E-state index is -3.42. The molecule has 100 valence electrons. The number of nitrogens with zero attached hydrogens (tertiary/aromatic N) is 3. The van der Waals surface area contributed by atoms with Gasteiger partial charge in [0.05, 0.1) is 4.92 Å². The molecule has 0 N–H and O–H groups in total. The van der Waals surface area contributed by atoms with Crippen molar-refractivity contribution >= 4 is 15.5 Å². The molecule has 19 heavy (non-hydrogen) atoms. The highest BCUT2D eigenvalue weighted by Gasteiger charge is 2.15. The van der Waals surface area contributed by atoms with E-state index in [2.05, 4.69) is 4.98 Å². The number of benzene rings is 1. The van der Waals surface area contributed by atoms with E-state index in [1.165, 1.54) is 29.1 Å². The Kier molecular flexibility index (Phi) is 3.34. The fourth-order valence-electron chi connectivity index (χ4n) is 1.71. The van der Waals surface area contributed by atoms with Crippen LogP contribution in [-0.4, -0.2) is 29.1 Å². The number of sulfone groups is 1. The SMILES string of the molecule is CS(=O)(=O)c1nccn1Cc1cccc([N+](=O)[O-])c1. The fourth-order valence-corrected chi connectivity index (χ4v) is 2.51. The molecule has 1 aromatic carbocycles. The molecular formula is C11H11N3O4S. The fraction of sp³-hybridized carbons (Fsp3) is 0.182. The Balaban J connectivity index is 2.35. The summed E-state index contributed by atoms with van der Waals surface area (Å²) in [6.45, 7) is 0.212. The van der Waals surface area contributed by atoms with Crippen LogP contribution in [0, 0.1) is 10.1 Å². The smallest absolute Gasteiger partial charge is 0.269 e. The Morgan fingerprint density at radius 1 is 1.42 bits per heavy atom. The Morgan fingerprint density at radius 3 is 2.79 bits per heavy atom. The highest BCUT2D eigenvalue weighted by Crippen LogP contribution is 2.15. The van der Waals surface area contributed by atoms with Crippen molar-refractivity contribution in [2.24, 2.45) is 0 Å². The Bertz CT molecular complexity index is 721. The monoisotopic (exact) mass is 281 g/mol. The Hall–Kier alpha value is -2.22. The molecule has 0 spiro atoms. The number of hydrogen-bond donors (Lipinski definition) is 0. The predicted octanol–water partition coefficient (Wildman–Crippen LogP) is 1.24. The maximum absolute atomic E-state index is 11.5. The van der Waals surface area contributed by atoms with Gasteiger partial charge in [0.1, 0.15) is 0 Å². The van der Waals surface area contributed by atoms with E-state index in [0.717, 1.165) is 6.26 Å². The van der Waals surface area contributed by atoms with Gasteiger partial charge in [-0.1, -0.05) is 12.1 Å². The molecule has 0 aliphatic heterocycles. The number of aromatic nitrogens is 2. The lowest BCUT2D eigenvalue weighted by atomic mass is 10.2. The number of imidazole rings is 1. The van der Waals surface area contributed by atoms with Gasteiger partial charge in [-0.15, -0.1) is 0 Å². The van der Waals surface area contributed by atoms with Gasteiger partial charge in [0.15, 0.2) is 0 Å². The van der Waals surface area contributed by atoms with Crippen molar-refractivity contribution in [2.75, 3.05) is 6.26 Å². The summed E-state index contributed by atoms with van der Waals surface area (Å²) in [5, 5.41) is 10.6. The van der Waals surface area contributed by atoms with Crippen molar-refractivity contribution in [3.05, 3.63) is 52.3 Å². The number of rotatable bonds is 4. The van der Waals surface area contributed by atoms with Crippen LogP contribution in [0.1, 0.15) is 5.56 Å². The summed E-state index contributed by atoms with van der Waals surface area (Å²) in [6.07, 6.45) is 3.97. The first-order valence-corrected chi connectivity index (χ1v) is 7.21. The second-order valence-corrected chi connectivity index (χ2v) is 5.95. The quantitative estimate of drug-likeness (QED) is 0.620. The van der Waals surface area contributed by atoms with Gasteiger partial charge in [0, 0.05) is 37.3 Å². The third kappa shape index (κ3) is 2.97. The molecule has 1 aromatic heterocycles. The second-order valence-electron chi connectivity index (χ2n) is 4.04. The molecule has 0 bridgehead atoms. The predicted molar refractivity (Wildman–Crippen MR) is 67.5 cm³/mol. The third-order valence-electron chi connectivity index (χ3n) is 2.48. The number of hydrogen-bond acceptors (Lipinski definition) is 5. The summed E-state index contributed by atoms with van der Waals surface area (Å²) in [7, 11) is -3.42. The summed E-state index contributed by atoms with van der Waals surface area (Å²) >= 11 is 0. The van der Waals surface area contributed by atoms with Gasteiger partial charge >= 0.3 is 0 Å². The van der Waals surface area contributed by atoms with Gasteiger partial charge in [-0.25, -0.2) is 13.4 Å². The maximum Gasteiger partial charge on any atom is 0.269 e. The van der Waals surface area contributed by atoms with E-state index in [-0.39, 0.29) is 17.4 Å².